The summed E-state index contributed by atoms with van der Waals surface area (Å²) in [5.74, 6) is -0.893. The number of aliphatic carboxylic acids is 1. The van der Waals surface area contributed by atoms with Crippen LogP contribution in [0.3, 0.4) is 0 Å². The van der Waals surface area contributed by atoms with E-state index in [4.69, 9.17) is 0 Å². The van der Waals surface area contributed by atoms with Gasteiger partial charge in [-0.2, -0.15) is 0 Å². The van der Waals surface area contributed by atoms with Gasteiger partial charge in [0.05, 0.1) is 0 Å². The Morgan fingerprint density at radius 3 is 2.50 bits per heavy atom. The third-order valence-electron chi connectivity index (χ3n) is 3.82. The zero-order chi connectivity index (χ0) is 13.2. The molecule has 0 aromatic carbocycles. The van der Waals surface area contributed by atoms with E-state index in [1.807, 2.05) is 6.08 Å². The Kier molecular flexibility index (Phi) is 3.59. The van der Waals surface area contributed by atoms with Crippen molar-refractivity contribution in [3.63, 3.8) is 0 Å². The van der Waals surface area contributed by atoms with Gasteiger partial charge in [-0.05, 0) is 44.9 Å². The lowest BCUT2D eigenvalue weighted by atomic mass is 9.96. The molecule has 18 heavy (non-hydrogen) atoms. The summed E-state index contributed by atoms with van der Waals surface area (Å²) in [5, 5.41) is 14.7. The summed E-state index contributed by atoms with van der Waals surface area (Å²) in [6.07, 6.45) is 8.58. The van der Waals surface area contributed by atoms with E-state index >= 15 is 0 Å². The fraction of sp³-hybridized carbons (Fsp3) is 0.692. The SMILES string of the molecule is CC(NC(=O)NC1CC=CCC1)(C(=O)O)C1CC1. The summed E-state index contributed by atoms with van der Waals surface area (Å²) in [4.78, 5) is 23.1. The molecule has 100 valence electrons. The number of hydrogen-bond donors (Lipinski definition) is 3. The van der Waals surface area contributed by atoms with Crippen LogP contribution in [-0.4, -0.2) is 28.7 Å². The van der Waals surface area contributed by atoms with Crippen LogP contribution in [0, 0.1) is 5.92 Å². The van der Waals surface area contributed by atoms with Crippen LogP contribution >= 0.6 is 0 Å². The maximum atomic E-state index is 11.9. The Labute approximate surface area is 107 Å². The van der Waals surface area contributed by atoms with Crippen molar-refractivity contribution in [2.24, 2.45) is 5.92 Å². The van der Waals surface area contributed by atoms with Crippen LogP contribution in [-0.2, 0) is 4.79 Å². The summed E-state index contributed by atoms with van der Waals surface area (Å²) in [6, 6.07) is -0.251. The number of hydrogen-bond acceptors (Lipinski definition) is 2. The third kappa shape index (κ3) is 2.83. The van der Waals surface area contributed by atoms with E-state index in [9.17, 15) is 14.7 Å². The van der Waals surface area contributed by atoms with Crippen molar-refractivity contribution in [2.75, 3.05) is 0 Å². The van der Waals surface area contributed by atoms with Gasteiger partial charge in [-0.1, -0.05) is 12.2 Å². The van der Waals surface area contributed by atoms with Crippen LogP contribution in [0.1, 0.15) is 39.0 Å². The molecule has 5 heteroatoms. The number of carbonyl (C=O) groups is 2. The minimum atomic E-state index is -1.13. The van der Waals surface area contributed by atoms with Crippen molar-refractivity contribution >= 4 is 12.0 Å². The first kappa shape index (κ1) is 12.9. The summed E-state index contributed by atoms with van der Waals surface area (Å²) < 4.78 is 0. The maximum absolute atomic E-state index is 11.9. The Balaban J connectivity index is 1.89. The van der Waals surface area contributed by atoms with Crippen LogP contribution in [0.2, 0.25) is 0 Å². The topological polar surface area (TPSA) is 78.4 Å². The average molecular weight is 252 g/mol. The molecule has 2 aliphatic carbocycles. The van der Waals surface area contributed by atoms with Crippen molar-refractivity contribution in [2.45, 2.75) is 50.6 Å². The number of rotatable bonds is 4. The first-order chi connectivity index (χ1) is 8.52. The van der Waals surface area contributed by atoms with Gasteiger partial charge in [0.1, 0.15) is 5.54 Å². The second-order valence-electron chi connectivity index (χ2n) is 5.36. The number of carboxylic acid groups (broad SMARTS) is 1. The minimum Gasteiger partial charge on any atom is -0.480 e. The zero-order valence-corrected chi connectivity index (χ0v) is 10.6. The molecule has 0 saturated heterocycles. The molecule has 3 N–H and O–H groups in total. The van der Waals surface area contributed by atoms with Gasteiger partial charge in [-0.15, -0.1) is 0 Å². The first-order valence-corrected chi connectivity index (χ1v) is 6.49. The Bertz CT molecular complexity index is 376. The highest BCUT2D eigenvalue weighted by molar-refractivity contribution is 5.86. The summed E-state index contributed by atoms with van der Waals surface area (Å²) in [6.45, 7) is 1.59. The smallest absolute Gasteiger partial charge is 0.329 e. The van der Waals surface area contributed by atoms with Crippen LogP contribution in [0.25, 0.3) is 0 Å². The molecule has 0 aliphatic heterocycles. The molecule has 2 atom stereocenters. The lowest BCUT2D eigenvalue weighted by molar-refractivity contribution is -0.144. The first-order valence-electron chi connectivity index (χ1n) is 6.49. The predicted octanol–water partition coefficient (Wildman–Crippen LogP) is 1.65. The molecule has 0 aromatic heterocycles. The van der Waals surface area contributed by atoms with E-state index in [-0.39, 0.29) is 18.0 Å². The third-order valence-corrected chi connectivity index (χ3v) is 3.82. The highest BCUT2D eigenvalue weighted by Crippen LogP contribution is 2.39. The molecule has 1 fully saturated rings. The van der Waals surface area contributed by atoms with Crippen LogP contribution in [0.5, 0.6) is 0 Å². The minimum absolute atomic E-state index is 0.0620. The van der Waals surface area contributed by atoms with E-state index < -0.39 is 11.5 Å². The molecule has 2 unspecified atom stereocenters. The van der Waals surface area contributed by atoms with Crippen molar-refractivity contribution in [3.05, 3.63) is 12.2 Å². The maximum Gasteiger partial charge on any atom is 0.329 e. The lowest BCUT2D eigenvalue weighted by Gasteiger charge is -2.28. The predicted molar refractivity (Wildman–Crippen MR) is 67.2 cm³/mol. The highest BCUT2D eigenvalue weighted by Gasteiger charge is 2.48. The molecule has 2 rings (SSSR count). The number of nitrogens with one attached hydrogen (secondary N) is 2. The summed E-state index contributed by atoms with van der Waals surface area (Å²) >= 11 is 0. The molecule has 0 bridgehead atoms. The zero-order valence-electron chi connectivity index (χ0n) is 10.6. The molecule has 1 saturated carbocycles. The van der Waals surface area contributed by atoms with Crippen LogP contribution in [0.4, 0.5) is 4.79 Å². The van der Waals surface area contributed by atoms with Gasteiger partial charge in [-0.3, -0.25) is 0 Å². The second kappa shape index (κ2) is 5.00. The highest BCUT2D eigenvalue weighted by atomic mass is 16.4. The van der Waals surface area contributed by atoms with E-state index in [1.54, 1.807) is 6.92 Å². The van der Waals surface area contributed by atoms with Gasteiger partial charge in [0.15, 0.2) is 0 Å². The normalized spacial score (nSPS) is 26.2. The van der Waals surface area contributed by atoms with Crippen LogP contribution < -0.4 is 10.6 Å². The molecular weight excluding hydrogens is 232 g/mol. The van der Waals surface area contributed by atoms with Crippen LogP contribution in [0.15, 0.2) is 12.2 Å². The summed E-state index contributed by atoms with van der Waals surface area (Å²) in [5.41, 5.74) is -1.13. The molecule has 5 nitrogen and oxygen atoms in total. The second-order valence-corrected chi connectivity index (χ2v) is 5.36. The van der Waals surface area contributed by atoms with Gasteiger partial charge in [-0.25, -0.2) is 9.59 Å². The Morgan fingerprint density at radius 1 is 1.28 bits per heavy atom. The van der Waals surface area contributed by atoms with E-state index in [2.05, 4.69) is 16.7 Å². The van der Waals surface area contributed by atoms with Gasteiger partial charge in [0, 0.05) is 6.04 Å². The number of urea groups is 1. The van der Waals surface area contributed by atoms with Crippen molar-refractivity contribution in [1.29, 1.82) is 0 Å². The lowest BCUT2D eigenvalue weighted by Crippen LogP contribution is -2.58. The average Bonchev–Trinajstić information content (AvgIpc) is 3.13. The number of carbonyl (C=O) groups excluding carboxylic acids is 1. The molecule has 2 aliphatic rings. The van der Waals surface area contributed by atoms with Crippen molar-refractivity contribution in [1.82, 2.24) is 10.6 Å². The van der Waals surface area contributed by atoms with Gasteiger partial charge in [0.2, 0.25) is 0 Å². The molecular formula is C13H20N2O3. The Morgan fingerprint density at radius 2 is 2.00 bits per heavy atom. The fourth-order valence-electron chi connectivity index (χ4n) is 2.37. The van der Waals surface area contributed by atoms with Crippen molar-refractivity contribution < 1.29 is 14.7 Å². The summed E-state index contributed by atoms with van der Waals surface area (Å²) in [7, 11) is 0. The molecule has 0 heterocycles. The monoisotopic (exact) mass is 252 g/mol. The molecule has 2 amide bonds. The Hall–Kier alpha value is -1.52. The number of amides is 2. The fourth-order valence-corrected chi connectivity index (χ4v) is 2.37. The molecule has 0 radical (unpaired) electrons. The molecule has 0 spiro atoms. The molecule has 0 aromatic rings. The number of allylic oxidation sites excluding steroid dienone is 1. The standard InChI is InChI=1S/C13H20N2O3/c1-13(11(16)17,9-7-8-9)15-12(18)14-10-5-3-2-4-6-10/h2-3,9-10H,4-8H2,1H3,(H,16,17)(H2,14,15,18). The van der Waals surface area contributed by atoms with E-state index in [1.165, 1.54) is 0 Å². The van der Waals surface area contributed by atoms with E-state index in [0.717, 1.165) is 32.1 Å². The quantitative estimate of drug-likeness (QED) is 0.666. The van der Waals surface area contributed by atoms with Gasteiger partial charge in [0.25, 0.3) is 0 Å². The largest absolute Gasteiger partial charge is 0.480 e. The number of carboxylic acids is 1. The van der Waals surface area contributed by atoms with Crippen molar-refractivity contribution in [3.8, 4) is 0 Å². The van der Waals surface area contributed by atoms with E-state index in [0.29, 0.717) is 0 Å². The van der Waals surface area contributed by atoms with Gasteiger partial charge >= 0.3 is 12.0 Å². The van der Waals surface area contributed by atoms with Gasteiger partial charge < -0.3 is 15.7 Å².